The standard InChI is InChI=1S/C17H33N5O.HI/c1-6-10-22(8-3)11-9-19-17(18-7-2)20-13-15-12-16(14(4)5)21-23-15;/h12,14H,6-11,13H2,1-5H3,(H2,18,19,20);1H. The topological polar surface area (TPSA) is 65.7 Å². The van der Waals surface area contributed by atoms with Crippen LogP contribution in [-0.4, -0.2) is 48.7 Å². The highest BCUT2D eigenvalue weighted by atomic mass is 127. The number of nitrogens with one attached hydrogen (secondary N) is 2. The zero-order valence-corrected chi connectivity index (χ0v) is 18.1. The Morgan fingerprint density at radius 3 is 2.54 bits per heavy atom. The maximum Gasteiger partial charge on any atom is 0.191 e. The largest absolute Gasteiger partial charge is 0.359 e. The van der Waals surface area contributed by atoms with Gasteiger partial charge in [-0.25, -0.2) is 4.99 Å². The van der Waals surface area contributed by atoms with Crippen LogP contribution >= 0.6 is 24.0 Å². The molecule has 1 rings (SSSR count). The Morgan fingerprint density at radius 2 is 2.00 bits per heavy atom. The van der Waals surface area contributed by atoms with Crippen LogP contribution in [0.2, 0.25) is 0 Å². The Labute approximate surface area is 163 Å². The molecule has 0 aliphatic carbocycles. The lowest BCUT2D eigenvalue weighted by atomic mass is 10.1. The van der Waals surface area contributed by atoms with Crippen LogP contribution in [0.5, 0.6) is 0 Å². The van der Waals surface area contributed by atoms with E-state index in [-0.39, 0.29) is 24.0 Å². The van der Waals surface area contributed by atoms with Crippen LogP contribution in [0.3, 0.4) is 0 Å². The van der Waals surface area contributed by atoms with E-state index in [1.54, 1.807) is 0 Å². The summed E-state index contributed by atoms with van der Waals surface area (Å²) in [5.41, 5.74) is 0.978. The molecular weight excluding hydrogens is 417 g/mol. The zero-order valence-electron chi connectivity index (χ0n) is 15.8. The van der Waals surface area contributed by atoms with Gasteiger partial charge in [-0.1, -0.05) is 32.9 Å². The number of aromatic nitrogens is 1. The summed E-state index contributed by atoms with van der Waals surface area (Å²) < 4.78 is 5.33. The molecule has 0 bridgehead atoms. The van der Waals surface area contributed by atoms with E-state index in [0.29, 0.717) is 12.5 Å². The fourth-order valence-corrected chi connectivity index (χ4v) is 2.25. The maximum absolute atomic E-state index is 5.33. The quantitative estimate of drug-likeness (QED) is 0.325. The van der Waals surface area contributed by atoms with Crippen molar-refractivity contribution in [3.05, 3.63) is 17.5 Å². The predicted octanol–water partition coefficient (Wildman–Crippen LogP) is 3.20. The van der Waals surface area contributed by atoms with Crippen LogP contribution in [0.15, 0.2) is 15.6 Å². The molecule has 7 heteroatoms. The van der Waals surface area contributed by atoms with Crippen molar-refractivity contribution >= 4 is 29.9 Å². The van der Waals surface area contributed by atoms with Crippen molar-refractivity contribution < 1.29 is 4.52 Å². The summed E-state index contributed by atoms with van der Waals surface area (Å²) in [5.74, 6) is 2.00. The van der Waals surface area contributed by atoms with Crippen molar-refractivity contribution in [2.75, 3.05) is 32.7 Å². The van der Waals surface area contributed by atoms with Gasteiger partial charge in [0.15, 0.2) is 11.7 Å². The van der Waals surface area contributed by atoms with Crippen LogP contribution in [0, 0.1) is 0 Å². The fourth-order valence-electron chi connectivity index (χ4n) is 2.25. The molecule has 0 fully saturated rings. The summed E-state index contributed by atoms with van der Waals surface area (Å²) in [6.45, 7) is 16.2. The van der Waals surface area contributed by atoms with Crippen molar-refractivity contribution in [3.8, 4) is 0 Å². The SMILES string of the molecule is CCCN(CC)CCNC(=NCc1cc(C(C)C)no1)NCC.I. The Hall–Kier alpha value is -0.830. The van der Waals surface area contributed by atoms with E-state index in [9.17, 15) is 0 Å². The van der Waals surface area contributed by atoms with Crippen molar-refractivity contribution in [3.63, 3.8) is 0 Å². The first kappa shape index (κ1) is 23.2. The predicted molar refractivity (Wildman–Crippen MR) is 111 cm³/mol. The molecule has 0 atom stereocenters. The maximum atomic E-state index is 5.33. The van der Waals surface area contributed by atoms with Gasteiger partial charge in [0.2, 0.25) is 0 Å². The number of hydrogen-bond donors (Lipinski definition) is 2. The van der Waals surface area contributed by atoms with Crippen LogP contribution < -0.4 is 10.6 Å². The van der Waals surface area contributed by atoms with Gasteiger partial charge in [0, 0.05) is 25.7 Å². The van der Waals surface area contributed by atoms with Crippen LogP contribution in [0.25, 0.3) is 0 Å². The molecule has 0 aliphatic rings. The van der Waals surface area contributed by atoms with Crippen LogP contribution in [0.4, 0.5) is 0 Å². The van der Waals surface area contributed by atoms with Crippen LogP contribution in [-0.2, 0) is 6.54 Å². The van der Waals surface area contributed by atoms with Gasteiger partial charge >= 0.3 is 0 Å². The molecule has 2 N–H and O–H groups in total. The van der Waals surface area contributed by atoms with Gasteiger partial charge < -0.3 is 20.1 Å². The summed E-state index contributed by atoms with van der Waals surface area (Å²) in [6.07, 6.45) is 1.19. The van der Waals surface area contributed by atoms with E-state index in [2.05, 4.69) is 60.3 Å². The summed E-state index contributed by atoms with van der Waals surface area (Å²) in [7, 11) is 0. The van der Waals surface area contributed by atoms with E-state index in [1.807, 2.05) is 6.07 Å². The van der Waals surface area contributed by atoms with Gasteiger partial charge in [0.25, 0.3) is 0 Å². The van der Waals surface area contributed by atoms with Gasteiger partial charge in [-0.05, 0) is 32.4 Å². The molecular formula is C17H34IN5O. The molecule has 24 heavy (non-hydrogen) atoms. The second-order valence-electron chi connectivity index (χ2n) is 5.93. The first-order valence-corrected chi connectivity index (χ1v) is 8.80. The molecule has 0 amide bonds. The molecule has 0 radical (unpaired) electrons. The monoisotopic (exact) mass is 451 g/mol. The van der Waals surface area contributed by atoms with E-state index in [0.717, 1.165) is 50.1 Å². The normalized spacial score (nSPS) is 11.7. The van der Waals surface area contributed by atoms with E-state index in [4.69, 9.17) is 4.52 Å². The second kappa shape index (κ2) is 13.5. The van der Waals surface area contributed by atoms with Crippen molar-refractivity contribution in [1.82, 2.24) is 20.7 Å². The Bertz CT molecular complexity index is 462. The lowest BCUT2D eigenvalue weighted by Gasteiger charge is -2.20. The third kappa shape index (κ3) is 8.86. The first-order valence-electron chi connectivity index (χ1n) is 8.80. The molecule has 1 heterocycles. The number of halogens is 1. The number of guanidine groups is 1. The van der Waals surface area contributed by atoms with E-state index >= 15 is 0 Å². The van der Waals surface area contributed by atoms with E-state index in [1.165, 1.54) is 6.42 Å². The molecule has 0 spiro atoms. The molecule has 140 valence electrons. The highest BCUT2D eigenvalue weighted by Gasteiger charge is 2.07. The van der Waals surface area contributed by atoms with Gasteiger partial charge in [-0.2, -0.15) is 0 Å². The molecule has 0 aromatic carbocycles. The van der Waals surface area contributed by atoms with Gasteiger partial charge in [0.05, 0.1) is 5.69 Å². The molecule has 0 aliphatic heterocycles. The molecule has 6 nitrogen and oxygen atoms in total. The summed E-state index contributed by atoms with van der Waals surface area (Å²) in [4.78, 5) is 7.00. The molecule has 1 aromatic heterocycles. The minimum Gasteiger partial charge on any atom is -0.359 e. The minimum absolute atomic E-state index is 0. The van der Waals surface area contributed by atoms with Crippen molar-refractivity contribution in [1.29, 1.82) is 0 Å². The average Bonchev–Trinajstić information content (AvgIpc) is 3.01. The minimum atomic E-state index is 0. The highest BCUT2D eigenvalue weighted by molar-refractivity contribution is 14.0. The average molecular weight is 451 g/mol. The number of rotatable bonds is 10. The van der Waals surface area contributed by atoms with Crippen molar-refractivity contribution in [2.45, 2.75) is 53.5 Å². The summed E-state index contributed by atoms with van der Waals surface area (Å²) in [5, 5.41) is 10.7. The first-order chi connectivity index (χ1) is 11.1. The summed E-state index contributed by atoms with van der Waals surface area (Å²) in [6, 6.07) is 1.98. The van der Waals surface area contributed by atoms with Gasteiger partial charge in [-0.3, -0.25) is 0 Å². The zero-order chi connectivity index (χ0) is 17.1. The van der Waals surface area contributed by atoms with Gasteiger partial charge in [-0.15, -0.1) is 24.0 Å². The van der Waals surface area contributed by atoms with Gasteiger partial charge in [0.1, 0.15) is 6.54 Å². The summed E-state index contributed by atoms with van der Waals surface area (Å²) >= 11 is 0. The third-order valence-electron chi connectivity index (χ3n) is 3.61. The third-order valence-corrected chi connectivity index (χ3v) is 3.61. The lowest BCUT2D eigenvalue weighted by molar-refractivity contribution is 0.293. The number of nitrogens with zero attached hydrogens (tertiary/aromatic N) is 3. The van der Waals surface area contributed by atoms with Crippen molar-refractivity contribution in [2.24, 2.45) is 4.99 Å². The Kier molecular flexibility index (Phi) is 13.0. The Balaban J connectivity index is 0.00000529. The van der Waals surface area contributed by atoms with E-state index < -0.39 is 0 Å². The molecule has 0 unspecified atom stereocenters. The number of likely N-dealkylation sites (N-methyl/N-ethyl adjacent to an activating group) is 1. The lowest BCUT2D eigenvalue weighted by Crippen LogP contribution is -2.41. The molecule has 0 saturated carbocycles. The second-order valence-corrected chi connectivity index (χ2v) is 5.93. The van der Waals surface area contributed by atoms with Crippen LogP contribution in [0.1, 0.15) is 58.4 Å². The molecule has 1 aromatic rings. The molecule has 0 saturated heterocycles. The number of aliphatic imine (C=N–C) groups is 1. The number of hydrogen-bond acceptors (Lipinski definition) is 4. The fraction of sp³-hybridized carbons (Fsp3) is 0.765. The smallest absolute Gasteiger partial charge is 0.191 e. The highest BCUT2D eigenvalue weighted by Crippen LogP contribution is 2.14. The Morgan fingerprint density at radius 1 is 1.25 bits per heavy atom.